The molecule has 13 heteroatoms. The number of pyridine rings is 1. The molecule has 0 saturated heterocycles. The molecule has 0 aliphatic heterocycles. The van der Waals surface area contributed by atoms with E-state index in [1.165, 1.54) is 10.7 Å². The molecule has 2 aromatic heterocycles. The Morgan fingerprint density at radius 2 is 1.90 bits per heavy atom. The molecular formula is C27H28N6O6S. The van der Waals surface area contributed by atoms with E-state index in [1.807, 2.05) is 12.1 Å². The molecule has 0 fully saturated rings. The molecule has 0 unspecified atom stereocenters. The summed E-state index contributed by atoms with van der Waals surface area (Å²) in [6.07, 6.45) is 3.77. The lowest BCUT2D eigenvalue weighted by molar-refractivity contribution is -0.385. The highest BCUT2D eigenvalue weighted by Gasteiger charge is 2.28. The van der Waals surface area contributed by atoms with Gasteiger partial charge < -0.3 is 10.1 Å². The first kappa shape index (κ1) is 28.4. The standard InChI is InChI=1S/C27H28N6O6S/c1-4-18(2)31-40(37,38)24-15-22(33(35)36)12-13-23(24)39-27-19(3)25(30-32(27)21-10-6-5-7-11-21)26(34)29-17-20-9-8-14-28-16-20/h5-16,18,31H,4,17H2,1-3H3,(H,29,34)/t18-/m1/s1. The predicted molar refractivity (Wildman–Crippen MR) is 147 cm³/mol. The van der Waals surface area contributed by atoms with Crippen LogP contribution in [0.25, 0.3) is 5.69 Å². The van der Waals surface area contributed by atoms with Gasteiger partial charge in [-0.2, -0.15) is 9.78 Å². The number of nitro benzene ring substituents is 1. The van der Waals surface area contributed by atoms with E-state index in [1.54, 1.807) is 63.5 Å². The van der Waals surface area contributed by atoms with Crippen LogP contribution in [0.4, 0.5) is 5.69 Å². The zero-order chi connectivity index (χ0) is 28.9. The van der Waals surface area contributed by atoms with Gasteiger partial charge in [0.2, 0.25) is 15.9 Å². The van der Waals surface area contributed by atoms with Crippen molar-refractivity contribution in [3.63, 3.8) is 0 Å². The molecule has 0 spiro atoms. The lowest BCUT2D eigenvalue weighted by Crippen LogP contribution is -2.32. The topological polar surface area (TPSA) is 158 Å². The molecule has 12 nitrogen and oxygen atoms in total. The van der Waals surface area contributed by atoms with Crippen molar-refractivity contribution in [3.8, 4) is 17.3 Å². The Labute approximate surface area is 231 Å². The molecule has 2 N–H and O–H groups in total. The zero-order valence-electron chi connectivity index (χ0n) is 22.1. The third kappa shape index (κ3) is 6.33. The van der Waals surface area contributed by atoms with Gasteiger partial charge in [-0.25, -0.2) is 13.1 Å². The molecule has 0 radical (unpaired) electrons. The van der Waals surface area contributed by atoms with E-state index >= 15 is 0 Å². The molecule has 2 aromatic carbocycles. The van der Waals surface area contributed by atoms with Gasteiger partial charge in [0.25, 0.3) is 11.6 Å². The van der Waals surface area contributed by atoms with Crippen LogP contribution in [0.2, 0.25) is 0 Å². The molecule has 0 aliphatic rings. The van der Waals surface area contributed by atoms with Crippen molar-refractivity contribution in [1.29, 1.82) is 0 Å². The summed E-state index contributed by atoms with van der Waals surface area (Å²) in [6.45, 7) is 5.32. The first-order chi connectivity index (χ1) is 19.1. The minimum Gasteiger partial charge on any atom is -0.437 e. The maximum absolute atomic E-state index is 13.3. The molecule has 4 rings (SSSR count). The number of hydrogen-bond donors (Lipinski definition) is 2. The number of ether oxygens (including phenoxy) is 1. The fourth-order valence-corrected chi connectivity index (χ4v) is 5.22. The van der Waals surface area contributed by atoms with Crippen LogP contribution in [0.5, 0.6) is 11.6 Å². The van der Waals surface area contributed by atoms with Crippen molar-refractivity contribution in [2.24, 2.45) is 0 Å². The quantitative estimate of drug-likeness (QED) is 0.202. The highest BCUT2D eigenvalue weighted by molar-refractivity contribution is 7.89. The second-order valence-electron chi connectivity index (χ2n) is 8.99. The number of nitro groups is 1. The maximum Gasteiger partial charge on any atom is 0.272 e. The first-order valence-corrected chi connectivity index (χ1v) is 13.9. The van der Waals surface area contributed by atoms with E-state index in [0.29, 0.717) is 17.7 Å². The van der Waals surface area contributed by atoms with Crippen LogP contribution < -0.4 is 14.8 Å². The Kier molecular flexibility index (Phi) is 8.55. The van der Waals surface area contributed by atoms with Gasteiger partial charge in [-0.15, -0.1) is 0 Å². The predicted octanol–water partition coefficient (Wildman–Crippen LogP) is 4.28. The Morgan fingerprint density at radius 1 is 1.15 bits per heavy atom. The molecule has 1 amide bonds. The number of benzene rings is 2. The van der Waals surface area contributed by atoms with Gasteiger partial charge in [0.05, 0.1) is 10.6 Å². The Morgan fingerprint density at radius 3 is 2.55 bits per heavy atom. The fourth-order valence-electron chi connectivity index (χ4n) is 3.75. The van der Waals surface area contributed by atoms with Gasteiger partial charge in [0, 0.05) is 42.7 Å². The van der Waals surface area contributed by atoms with Gasteiger partial charge >= 0.3 is 0 Å². The third-order valence-corrected chi connectivity index (χ3v) is 7.67. The number of nitrogens with zero attached hydrogens (tertiary/aromatic N) is 4. The summed E-state index contributed by atoms with van der Waals surface area (Å²) in [4.78, 5) is 27.5. The number of carbonyl (C=O) groups excluding carboxylic acids is 1. The van der Waals surface area contributed by atoms with Crippen LogP contribution >= 0.6 is 0 Å². The number of non-ortho nitro benzene ring substituents is 1. The van der Waals surface area contributed by atoms with Crippen molar-refractivity contribution >= 4 is 21.6 Å². The normalized spacial score (nSPS) is 12.1. The smallest absolute Gasteiger partial charge is 0.272 e. The van der Waals surface area contributed by atoms with Crippen molar-refractivity contribution in [2.75, 3.05) is 0 Å². The number of para-hydroxylation sites is 1. The molecule has 0 aliphatic carbocycles. The van der Waals surface area contributed by atoms with Crippen LogP contribution in [0.15, 0.2) is 78.0 Å². The SMILES string of the molecule is CC[C@@H](C)NS(=O)(=O)c1cc([N+](=O)[O-])ccc1Oc1c(C)c(C(=O)NCc2cccnc2)nn1-c1ccccc1. The zero-order valence-corrected chi connectivity index (χ0v) is 22.9. The van der Waals surface area contributed by atoms with Gasteiger partial charge in [-0.05, 0) is 50.1 Å². The van der Waals surface area contributed by atoms with Crippen LogP contribution in [0.1, 0.15) is 41.9 Å². The first-order valence-electron chi connectivity index (χ1n) is 12.4. The number of rotatable bonds is 11. The van der Waals surface area contributed by atoms with Crippen molar-refractivity contribution in [3.05, 3.63) is 100.0 Å². The number of nitrogens with one attached hydrogen (secondary N) is 2. The molecule has 4 aromatic rings. The Balaban J connectivity index is 1.78. The van der Waals surface area contributed by atoms with E-state index in [2.05, 4.69) is 20.1 Å². The summed E-state index contributed by atoms with van der Waals surface area (Å²) in [7, 11) is -4.21. The van der Waals surface area contributed by atoms with Crippen LogP contribution in [0, 0.1) is 17.0 Å². The molecule has 208 valence electrons. The van der Waals surface area contributed by atoms with Gasteiger partial charge in [-0.3, -0.25) is 19.9 Å². The number of carbonyl (C=O) groups is 1. The molecule has 1 atom stereocenters. The van der Waals surface area contributed by atoms with E-state index in [4.69, 9.17) is 4.74 Å². The number of sulfonamides is 1. The number of aromatic nitrogens is 3. The average Bonchev–Trinajstić information content (AvgIpc) is 3.28. The second kappa shape index (κ2) is 12.1. The molecule has 0 saturated carbocycles. The van der Waals surface area contributed by atoms with Crippen LogP contribution in [-0.2, 0) is 16.6 Å². The van der Waals surface area contributed by atoms with Crippen molar-refractivity contribution < 1.29 is 22.9 Å². The van der Waals surface area contributed by atoms with E-state index in [0.717, 1.165) is 17.7 Å². The van der Waals surface area contributed by atoms with Gasteiger partial charge in [0.1, 0.15) is 10.6 Å². The van der Waals surface area contributed by atoms with Crippen LogP contribution in [0.3, 0.4) is 0 Å². The maximum atomic E-state index is 13.3. The molecular weight excluding hydrogens is 536 g/mol. The fraction of sp³-hybridized carbons (Fsp3) is 0.222. The highest BCUT2D eigenvalue weighted by Crippen LogP contribution is 2.35. The summed E-state index contributed by atoms with van der Waals surface area (Å²) < 4.78 is 36.5. The van der Waals surface area contributed by atoms with Gasteiger partial charge in [0.15, 0.2) is 5.69 Å². The summed E-state index contributed by atoms with van der Waals surface area (Å²) >= 11 is 0. The summed E-state index contributed by atoms with van der Waals surface area (Å²) in [5.41, 5.74) is 1.33. The molecule has 0 bridgehead atoms. The second-order valence-corrected chi connectivity index (χ2v) is 10.7. The summed E-state index contributed by atoms with van der Waals surface area (Å²) in [5.74, 6) is -0.564. The van der Waals surface area contributed by atoms with E-state index < -0.39 is 37.5 Å². The van der Waals surface area contributed by atoms with E-state index in [-0.39, 0.29) is 23.9 Å². The highest BCUT2D eigenvalue weighted by atomic mass is 32.2. The average molecular weight is 565 g/mol. The van der Waals surface area contributed by atoms with Crippen molar-refractivity contribution in [1.82, 2.24) is 24.8 Å². The van der Waals surface area contributed by atoms with E-state index in [9.17, 15) is 23.3 Å². The summed E-state index contributed by atoms with van der Waals surface area (Å²) in [5, 5.41) is 18.7. The molecule has 40 heavy (non-hydrogen) atoms. The lowest BCUT2D eigenvalue weighted by Gasteiger charge is -2.16. The summed E-state index contributed by atoms with van der Waals surface area (Å²) in [6, 6.07) is 15.3. The molecule has 2 heterocycles. The Bertz CT molecular complexity index is 1620. The minimum absolute atomic E-state index is 0.0618. The number of hydrogen-bond acceptors (Lipinski definition) is 8. The minimum atomic E-state index is -4.21. The number of amides is 1. The van der Waals surface area contributed by atoms with Crippen molar-refractivity contribution in [2.45, 2.75) is 44.7 Å². The van der Waals surface area contributed by atoms with Crippen LogP contribution in [-0.4, -0.2) is 40.1 Å². The monoisotopic (exact) mass is 564 g/mol. The largest absolute Gasteiger partial charge is 0.437 e. The Hall–Kier alpha value is -4.62. The lowest BCUT2D eigenvalue weighted by atomic mass is 10.2. The third-order valence-electron chi connectivity index (χ3n) is 6.06. The van der Waals surface area contributed by atoms with Gasteiger partial charge in [-0.1, -0.05) is 31.2 Å².